The fraction of sp³-hybridized carbons (Fsp3) is 0.444. The van der Waals surface area contributed by atoms with E-state index in [2.05, 4.69) is 5.32 Å². The number of amides is 3. The first-order valence-electron chi connectivity index (χ1n) is 8.44. The van der Waals surface area contributed by atoms with Gasteiger partial charge >= 0.3 is 5.97 Å². The minimum Gasteiger partial charge on any atom is -0.481 e. The van der Waals surface area contributed by atoms with Crippen LogP contribution in [0.5, 0.6) is 0 Å². The number of piperidine rings is 1. The van der Waals surface area contributed by atoms with Crippen molar-refractivity contribution < 1.29 is 24.3 Å². The number of fused-ring (bicyclic) bond motifs is 1. The van der Waals surface area contributed by atoms with Gasteiger partial charge in [-0.1, -0.05) is 12.1 Å². The highest BCUT2D eigenvalue weighted by Crippen LogP contribution is 2.28. The number of unbranched alkanes of at least 4 members (excludes halogenated alkanes) is 1. The molecular formula is C18H20N2O5. The van der Waals surface area contributed by atoms with E-state index in [0.717, 1.165) is 24.0 Å². The van der Waals surface area contributed by atoms with Gasteiger partial charge in [0, 0.05) is 24.9 Å². The molecule has 1 saturated heterocycles. The SMILES string of the molecule is O=C(O)CCCCc1ccc2c(c1)CN(C1CCC(=O)NC1=O)C2=O. The van der Waals surface area contributed by atoms with Gasteiger partial charge in [-0.25, -0.2) is 0 Å². The van der Waals surface area contributed by atoms with Crippen LogP contribution in [0.25, 0.3) is 0 Å². The maximum Gasteiger partial charge on any atom is 0.303 e. The fourth-order valence-electron chi connectivity index (χ4n) is 3.39. The van der Waals surface area contributed by atoms with Crippen molar-refractivity contribution in [3.05, 3.63) is 34.9 Å². The van der Waals surface area contributed by atoms with E-state index >= 15 is 0 Å². The summed E-state index contributed by atoms with van der Waals surface area (Å²) in [5.74, 6) is -1.68. The number of rotatable bonds is 6. The lowest BCUT2D eigenvalue weighted by Crippen LogP contribution is -2.52. The monoisotopic (exact) mass is 344 g/mol. The number of nitrogens with zero attached hydrogens (tertiary/aromatic N) is 1. The predicted octanol–water partition coefficient (Wildman–Crippen LogP) is 1.25. The second kappa shape index (κ2) is 7.04. The zero-order valence-electron chi connectivity index (χ0n) is 13.8. The Morgan fingerprint density at radius 1 is 1.24 bits per heavy atom. The number of aryl methyl sites for hydroxylation is 1. The van der Waals surface area contributed by atoms with Gasteiger partial charge in [-0.15, -0.1) is 0 Å². The van der Waals surface area contributed by atoms with E-state index in [9.17, 15) is 19.2 Å². The molecule has 1 aromatic carbocycles. The molecule has 0 aliphatic carbocycles. The van der Waals surface area contributed by atoms with Crippen molar-refractivity contribution in [3.8, 4) is 0 Å². The fourth-order valence-corrected chi connectivity index (χ4v) is 3.39. The summed E-state index contributed by atoms with van der Waals surface area (Å²) >= 11 is 0. The summed E-state index contributed by atoms with van der Waals surface area (Å²) in [7, 11) is 0. The van der Waals surface area contributed by atoms with Crippen molar-refractivity contribution in [1.29, 1.82) is 0 Å². The maximum atomic E-state index is 12.6. The molecule has 1 fully saturated rings. The highest BCUT2D eigenvalue weighted by atomic mass is 16.4. The molecule has 2 N–H and O–H groups in total. The first-order valence-corrected chi connectivity index (χ1v) is 8.44. The van der Waals surface area contributed by atoms with Crippen LogP contribution in [-0.4, -0.2) is 39.7 Å². The molecule has 0 spiro atoms. The number of hydrogen-bond acceptors (Lipinski definition) is 4. The van der Waals surface area contributed by atoms with Gasteiger partial charge < -0.3 is 10.0 Å². The number of benzene rings is 1. The summed E-state index contributed by atoms with van der Waals surface area (Å²) in [4.78, 5) is 47.9. The van der Waals surface area contributed by atoms with E-state index < -0.39 is 17.9 Å². The molecule has 0 radical (unpaired) electrons. The van der Waals surface area contributed by atoms with Crippen molar-refractivity contribution in [2.24, 2.45) is 0 Å². The highest BCUT2D eigenvalue weighted by molar-refractivity contribution is 6.05. The standard InChI is InChI=1S/C18H20N2O5/c21-15-8-7-14(17(24)19-15)20-10-12-9-11(3-1-2-4-16(22)23)5-6-13(12)18(20)25/h5-6,9,14H,1-4,7-8,10H2,(H,22,23)(H,19,21,24). The van der Waals surface area contributed by atoms with Gasteiger partial charge in [0.25, 0.3) is 5.91 Å². The number of carboxylic acid groups (broad SMARTS) is 1. The Kier molecular flexibility index (Phi) is 4.83. The van der Waals surface area contributed by atoms with Crippen LogP contribution in [0.4, 0.5) is 0 Å². The summed E-state index contributed by atoms with van der Waals surface area (Å²) in [5, 5.41) is 10.9. The summed E-state index contributed by atoms with van der Waals surface area (Å²) in [6.45, 7) is 0.364. The number of carboxylic acids is 1. The maximum absolute atomic E-state index is 12.6. The van der Waals surface area contributed by atoms with E-state index in [1.807, 2.05) is 12.1 Å². The zero-order valence-corrected chi connectivity index (χ0v) is 13.8. The first kappa shape index (κ1) is 17.1. The van der Waals surface area contributed by atoms with E-state index in [1.165, 1.54) is 4.90 Å². The van der Waals surface area contributed by atoms with Crippen molar-refractivity contribution in [3.63, 3.8) is 0 Å². The Labute approximate surface area is 145 Å². The third-order valence-corrected chi connectivity index (χ3v) is 4.69. The predicted molar refractivity (Wildman–Crippen MR) is 87.7 cm³/mol. The van der Waals surface area contributed by atoms with E-state index in [4.69, 9.17) is 5.11 Å². The molecule has 3 amide bonds. The number of imide groups is 1. The van der Waals surface area contributed by atoms with Crippen LogP contribution in [0.15, 0.2) is 18.2 Å². The summed E-state index contributed by atoms with van der Waals surface area (Å²) in [6.07, 6.45) is 2.90. The summed E-state index contributed by atoms with van der Waals surface area (Å²) in [6, 6.07) is 5.01. The van der Waals surface area contributed by atoms with E-state index in [1.54, 1.807) is 6.07 Å². The minimum absolute atomic E-state index is 0.159. The van der Waals surface area contributed by atoms with E-state index in [-0.39, 0.29) is 24.7 Å². The molecule has 0 saturated carbocycles. The van der Waals surface area contributed by atoms with Crippen LogP contribution < -0.4 is 5.32 Å². The Bertz CT molecular complexity index is 743. The highest BCUT2D eigenvalue weighted by Gasteiger charge is 2.38. The quantitative estimate of drug-likeness (QED) is 0.597. The molecule has 7 heteroatoms. The molecule has 25 heavy (non-hydrogen) atoms. The smallest absolute Gasteiger partial charge is 0.303 e. The van der Waals surface area contributed by atoms with Gasteiger partial charge in [-0.3, -0.25) is 24.5 Å². The molecule has 1 aromatic rings. The van der Waals surface area contributed by atoms with Crippen LogP contribution in [0, 0.1) is 0 Å². The van der Waals surface area contributed by atoms with Crippen LogP contribution in [-0.2, 0) is 27.3 Å². The van der Waals surface area contributed by atoms with Crippen LogP contribution >= 0.6 is 0 Å². The minimum atomic E-state index is -0.792. The number of nitrogens with one attached hydrogen (secondary N) is 1. The first-order chi connectivity index (χ1) is 12.0. The van der Waals surface area contributed by atoms with Gasteiger partial charge in [-0.05, 0) is 42.9 Å². The molecule has 7 nitrogen and oxygen atoms in total. The largest absolute Gasteiger partial charge is 0.481 e. The normalized spacial score (nSPS) is 19.8. The van der Waals surface area contributed by atoms with Gasteiger partial charge in [0.2, 0.25) is 11.8 Å². The summed E-state index contributed by atoms with van der Waals surface area (Å²) < 4.78 is 0. The number of hydrogen-bond donors (Lipinski definition) is 2. The van der Waals surface area contributed by atoms with Gasteiger partial charge in [0.1, 0.15) is 6.04 Å². The molecule has 2 aliphatic rings. The van der Waals surface area contributed by atoms with Crippen molar-refractivity contribution in [1.82, 2.24) is 10.2 Å². The molecule has 1 unspecified atom stereocenters. The Morgan fingerprint density at radius 3 is 2.76 bits per heavy atom. The molecule has 0 aromatic heterocycles. The summed E-state index contributed by atoms with van der Waals surface area (Å²) in [5.41, 5.74) is 2.53. The molecule has 1 atom stereocenters. The van der Waals surface area contributed by atoms with Crippen molar-refractivity contribution in [2.75, 3.05) is 0 Å². The molecule has 132 valence electrons. The number of carbonyl (C=O) groups excluding carboxylic acids is 3. The molecule has 2 aliphatic heterocycles. The lowest BCUT2D eigenvalue weighted by molar-refractivity contribution is -0.138. The van der Waals surface area contributed by atoms with Gasteiger partial charge in [0.15, 0.2) is 0 Å². The zero-order chi connectivity index (χ0) is 18.0. The van der Waals surface area contributed by atoms with Gasteiger partial charge in [-0.2, -0.15) is 0 Å². The lowest BCUT2D eigenvalue weighted by Gasteiger charge is -2.29. The lowest BCUT2D eigenvalue weighted by atomic mass is 10.0. The Hall–Kier alpha value is -2.70. The van der Waals surface area contributed by atoms with Crippen LogP contribution in [0.1, 0.15) is 53.6 Å². The van der Waals surface area contributed by atoms with Crippen molar-refractivity contribution in [2.45, 2.75) is 51.1 Å². The van der Waals surface area contributed by atoms with E-state index in [0.29, 0.717) is 24.9 Å². The molecule has 0 bridgehead atoms. The average Bonchev–Trinajstić information content (AvgIpc) is 2.88. The molecule has 2 heterocycles. The second-order valence-electron chi connectivity index (χ2n) is 6.49. The number of carbonyl (C=O) groups is 4. The van der Waals surface area contributed by atoms with Gasteiger partial charge in [0.05, 0.1) is 0 Å². The Morgan fingerprint density at radius 2 is 2.04 bits per heavy atom. The molecule has 3 rings (SSSR count). The van der Waals surface area contributed by atoms with Crippen LogP contribution in [0.3, 0.4) is 0 Å². The topological polar surface area (TPSA) is 104 Å². The van der Waals surface area contributed by atoms with Crippen LogP contribution in [0.2, 0.25) is 0 Å². The average molecular weight is 344 g/mol. The second-order valence-corrected chi connectivity index (χ2v) is 6.49. The Balaban J connectivity index is 1.66. The third-order valence-electron chi connectivity index (χ3n) is 4.69. The third kappa shape index (κ3) is 3.70. The number of aliphatic carboxylic acids is 1. The molecular weight excluding hydrogens is 324 g/mol. The van der Waals surface area contributed by atoms with Crippen molar-refractivity contribution >= 4 is 23.7 Å².